The fraction of sp³-hybridized carbons (Fsp3) is 0.640. The zero-order valence-corrected chi connectivity index (χ0v) is 19.6. The minimum Gasteiger partial charge on any atom is -0.508 e. The fourth-order valence-corrected chi connectivity index (χ4v) is 5.66. The molecule has 7 heteroatoms. The summed E-state index contributed by atoms with van der Waals surface area (Å²) < 4.78 is 0. The number of fused-ring (bicyclic) bond motifs is 1. The van der Waals surface area contributed by atoms with Crippen LogP contribution in [0.25, 0.3) is 16.7 Å². The second kappa shape index (κ2) is 9.41. The molecule has 2 fully saturated rings. The van der Waals surface area contributed by atoms with Crippen LogP contribution < -0.4 is 5.32 Å². The average molecular weight is 439 g/mol. The zero-order chi connectivity index (χ0) is 22.1. The topological polar surface area (TPSA) is 70.7 Å². The number of aromatic hydroxyl groups is 1. The number of aromatic amines is 1. The summed E-state index contributed by atoms with van der Waals surface area (Å²) in [5.74, 6) is 1.13. The Morgan fingerprint density at radius 1 is 1.00 bits per heavy atom. The van der Waals surface area contributed by atoms with E-state index in [4.69, 9.17) is 4.98 Å². The number of allylic oxidation sites excluding steroid dienone is 1. The van der Waals surface area contributed by atoms with E-state index in [1.807, 2.05) is 6.07 Å². The maximum Gasteiger partial charge on any atom is 0.154 e. The third-order valence-corrected chi connectivity index (χ3v) is 7.58. The zero-order valence-electron chi connectivity index (χ0n) is 19.6. The molecule has 7 nitrogen and oxygen atoms in total. The Labute approximate surface area is 191 Å². The first kappa shape index (κ1) is 21.7. The standard InChI is InChI=1S/C25H38N6O/c1-18(2)29-13-9-19(10-14-29)30-11-4-12-31(16-15-30)24-6-3-5-22(26-24)25-27-21-8-7-20(32)17-23(21)28-25/h5,7-8,17-19,24,26,32H,3-4,6,9-16H2,1-2H3,(H,27,28). The first-order chi connectivity index (χ1) is 15.6. The molecule has 0 spiro atoms. The van der Waals surface area contributed by atoms with E-state index in [1.54, 1.807) is 12.1 Å². The lowest BCUT2D eigenvalue weighted by Gasteiger charge is -2.40. The minimum atomic E-state index is 0.264. The molecule has 174 valence electrons. The number of imidazole rings is 1. The van der Waals surface area contributed by atoms with Crippen LogP contribution in [-0.4, -0.2) is 87.3 Å². The molecule has 0 bridgehead atoms. The van der Waals surface area contributed by atoms with Gasteiger partial charge in [0.25, 0.3) is 0 Å². The maximum atomic E-state index is 9.75. The normalized spacial score (nSPS) is 25.1. The number of aromatic nitrogens is 2. The molecule has 0 saturated carbocycles. The van der Waals surface area contributed by atoms with Gasteiger partial charge in [0, 0.05) is 37.8 Å². The van der Waals surface area contributed by atoms with Crippen molar-refractivity contribution < 1.29 is 5.11 Å². The van der Waals surface area contributed by atoms with Gasteiger partial charge < -0.3 is 20.3 Å². The van der Waals surface area contributed by atoms with Gasteiger partial charge in [-0.25, -0.2) is 4.98 Å². The highest BCUT2D eigenvalue weighted by Crippen LogP contribution is 2.25. The number of benzene rings is 1. The molecule has 32 heavy (non-hydrogen) atoms. The molecule has 2 saturated heterocycles. The predicted octanol–water partition coefficient (Wildman–Crippen LogP) is 3.20. The number of hydrogen-bond acceptors (Lipinski definition) is 6. The molecule has 1 aromatic carbocycles. The Morgan fingerprint density at radius 2 is 1.78 bits per heavy atom. The van der Waals surface area contributed by atoms with Gasteiger partial charge in [0.2, 0.25) is 0 Å². The van der Waals surface area contributed by atoms with Crippen LogP contribution in [0.5, 0.6) is 5.75 Å². The molecule has 2 aromatic rings. The molecule has 3 N–H and O–H groups in total. The van der Waals surface area contributed by atoms with Crippen LogP contribution in [0, 0.1) is 0 Å². The molecule has 0 amide bonds. The second-order valence-electron chi connectivity index (χ2n) is 9.93. The molecule has 5 rings (SSSR count). The fourth-order valence-electron chi connectivity index (χ4n) is 5.66. The number of phenolic OH excluding ortho intramolecular Hbond substituents is 1. The van der Waals surface area contributed by atoms with E-state index in [0.717, 1.165) is 54.5 Å². The molecule has 0 aliphatic carbocycles. The summed E-state index contributed by atoms with van der Waals surface area (Å²) in [6.07, 6.45) is 8.68. The van der Waals surface area contributed by atoms with Gasteiger partial charge in [-0.15, -0.1) is 0 Å². The quantitative estimate of drug-likeness (QED) is 0.681. The first-order valence-corrected chi connectivity index (χ1v) is 12.4. The first-order valence-electron chi connectivity index (χ1n) is 12.4. The van der Waals surface area contributed by atoms with Crippen molar-refractivity contribution in [1.29, 1.82) is 0 Å². The molecule has 4 heterocycles. The Hall–Kier alpha value is -2.09. The number of likely N-dealkylation sites (tertiary alicyclic amines) is 1. The molecule has 1 unspecified atom stereocenters. The number of hydrogen-bond donors (Lipinski definition) is 3. The number of piperidine rings is 1. The minimum absolute atomic E-state index is 0.264. The summed E-state index contributed by atoms with van der Waals surface area (Å²) >= 11 is 0. The van der Waals surface area contributed by atoms with Crippen molar-refractivity contribution in [3.05, 3.63) is 30.1 Å². The maximum absolute atomic E-state index is 9.75. The van der Waals surface area contributed by atoms with Gasteiger partial charge in [0.05, 0.1) is 22.9 Å². The molecular weight excluding hydrogens is 400 g/mol. The number of nitrogens with zero attached hydrogens (tertiary/aromatic N) is 4. The largest absolute Gasteiger partial charge is 0.508 e. The van der Waals surface area contributed by atoms with Crippen molar-refractivity contribution >= 4 is 16.7 Å². The molecular formula is C25H38N6O. The van der Waals surface area contributed by atoms with Gasteiger partial charge >= 0.3 is 0 Å². The van der Waals surface area contributed by atoms with Crippen LogP contribution >= 0.6 is 0 Å². The SMILES string of the molecule is CC(C)N1CCC(N2CCCN(C3CCC=C(c4nc5ccc(O)cc5[nH]4)N3)CC2)CC1. The van der Waals surface area contributed by atoms with Crippen molar-refractivity contribution in [3.8, 4) is 5.75 Å². The van der Waals surface area contributed by atoms with Crippen LogP contribution in [-0.2, 0) is 0 Å². The Bertz CT molecular complexity index is 945. The van der Waals surface area contributed by atoms with Crippen molar-refractivity contribution in [2.24, 2.45) is 0 Å². The summed E-state index contributed by atoms with van der Waals surface area (Å²) in [4.78, 5) is 16.1. The van der Waals surface area contributed by atoms with Crippen LogP contribution in [0.1, 0.15) is 51.8 Å². The third kappa shape index (κ3) is 4.65. The summed E-state index contributed by atoms with van der Waals surface area (Å²) in [6, 6.07) is 6.72. The highest BCUT2D eigenvalue weighted by atomic mass is 16.3. The molecule has 1 aromatic heterocycles. The monoisotopic (exact) mass is 438 g/mol. The van der Waals surface area contributed by atoms with E-state index >= 15 is 0 Å². The summed E-state index contributed by atoms with van der Waals surface area (Å²) in [5.41, 5.74) is 2.84. The van der Waals surface area contributed by atoms with Crippen molar-refractivity contribution in [2.45, 2.75) is 64.2 Å². The average Bonchev–Trinajstić information content (AvgIpc) is 3.07. The van der Waals surface area contributed by atoms with E-state index in [9.17, 15) is 5.11 Å². The molecule has 0 radical (unpaired) electrons. The van der Waals surface area contributed by atoms with E-state index < -0.39 is 0 Å². The van der Waals surface area contributed by atoms with Gasteiger partial charge in [-0.1, -0.05) is 6.08 Å². The van der Waals surface area contributed by atoms with E-state index in [1.165, 1.54) is 45.4 Å². The predicted molar refractivity (Wildman–Crippen MR) is 129 cm³/mol. The molecule has 1 atom stereocenters. The van der Waals surface area contributed by atoms with Crippen molar-refractivity contribution in [2.75, 3.05) is 39.3 Å². The number of H-pyrrole nitrogens is 1. The Balaban J connectivity index is 1.19. The highest BCUT2D eigenvalue weighted by Gasteiger charge is 2.30. The second-order valence-corrected chi connectivity index (χ2v) is 9.93. The van der Waals surface area contributed by atoms with Gasteiger partial charge in [0.1, 0.15) is 5.75 Å². The van der Waals surface area contributed by atoms with Gasteiger partial charge in [-0.3, -0.25) is 9.80 Å². The van der Waals surface area contributed by atoms with Crippen molar-refractivity contribution in [3.63, 3.8) is 0 Å². The molecule has 3 aliphatic heterocycles. The summed E-state index contributed by atoms with van der Waals surface area (Å²) in [7, 11) is 0. The highest BCUT2D eigenvalue weighted by molar-refractivity contribution is 5.79. The number of rotatable bonds is 4. The van der Waals surface area contributed by atoms with Crippen LogP contribution in [0.3, 0.4) is 0 Å². The summed E-state index contributed by atoms with van der Waals surface area (Å²) in [6.45, 7) is 11.8. The smallest absolute Gasteiger partial charge is 0.154 e. The lowest BCUT2D eigenvalue weighted by molar-refractivity contribution is 0.0913. The van der Waals surface area contributed by atoms with Crippen LogP contribution in [0.2, 0.25) is 0 Å². The summed E-state index contributed by atoms with van der Waals surface area (Å²) in [5, 5.41) is 13.5. The van der Waals surface area contributed by atoms with Crippen LogP contribution in [0.4, 0.5) is 0 Å². The van der Waals surface area contributed by atoms with Gasteiger partial charge in [-0.05, 0) is 77.7 Å². The molecule has 3 aliphatic rings. The Morgan fingerprint density at radius 3 is 2.59 bits per heavy atom. The lowest BCUT2D eigenvalue weighted by atomic mass is 10.0. The van der Waals surface area contributed by atoms with E-state index in [-0.39, 0.29) is 5.75 Å². The third-order valence-electron chi connectivity index (χ3n) is 7.58. The van der Waals surface area contributed by atoms with Gasteiger partial charge in [0.15, 0.2) is 5.82 Å². The lowest BCUT2D eigenvalue weighted by Crippen LogP contribution is -2.49. The van der Waals surface area contributed by atoms with Gasteiger partial charge in [-0.2, -0.15) is 0 Å². The number of phenols is 1. The van der Waals surface area contributed by atoms with Crippen molar-refractivity contribution in [1.82, 2.24) is 30.0 Å². The Kier molecular flexibility index (Phi) is 6.40. The van der Waals surface area contributed by atoms with Crippen LogP contribution in [0.15, 0.2) is 24.3 Å². The van der Waals surface area contributed by atoms with E-state index in [0.29, 0.717) is 12.2 Å². The number of nitrogens with one attached hydrogen (secondary N) is 2. The van der Waals surface area contributed by atoms with E-state index in [2.05, 4.69) is 44.9 Å².